The summed E-state index contributed by atoms with van der Waals surface area (Å²) < 4.78 is 4.93. The number of hydrogen-bond acceptors (Lipinski definition) is 4. The molecule has 1 unspecified atom stereocenters. The van der Waals surface area contributed by atoms with Gasteiger partial charge in [0.1, 0.15) is 0 Å². The normalized spacial score (nSPS) is 21.6. The van der Waals surface area contributed by atoms with E-state index in [-0.39, 0.29) is 6.10 Å². The summed E-state index contributed by atoms with van der Waals surface area (Å²) in [6, 6.07) is 0. The fraction of sp³-hybridized carbons (Fsp3) is 1.00. The molecular formula is C12H25NO2S. The number of hydrogen-bond donors (Lipinski definition) is 2. The van der Waals surface area contributed by atoms with Crippen LogP contribution < -0.4 is 0 Å². The molecule has 1 N–H and O–H groups in total. The molecule has 0 aromatic rings. The van der Waals surface area contributed by atoms with Crippen molar-refractivity contribution in [2.24, 2.45) is 5.41 Å². The van der Waals surface area contributed by atoms with Crippen molar-refractivity contribution in [2.45, 2.75) is 31.8 Å². The first-order chi connectivity index (χ1) is 7.62. The lowest BCUT2D eigenvalue weighted by atomic mass is 9.88. The Labute approximate surface area is 105 Å². The lowest BCUT2D eigenvalue weighted by Crippen LogP contribution is -2.40. The monoisotopic (exact) mass is 247 g/mol. The van der Waals surface area contributed by atoms with Crippen molar-refractivity contribution in [3.8, 4) is 0 Å². The second kappa shape index (κ2) is 6.84. The fourth-order valence-electron chi connectivity index (χ4n) is 2.73. The van der Waals surface area contributed by atoms with E-state index in [1.165, 1.54) is 25.7 Å². The molecule has 0 amide bonds. The quantitative estimate of drug-likeness (QED) is 0.667. The lowest BCUT2D eigenvalue weighted by Gasteiger charge is -2.33. The van der Waals surface area contributed by atoms with Crippen LogP contribution in [-0.4, -0.2) is 55.7 Å². The topological polar surface area (TPSA) is 32.7 Å². The highest BCUT2D eigenvalue weighted by molar-refractivity contribution is 7.80. The molecule has 1 fully saturated rings. The maximum absolute atomic E-state index is 9.66. The zero-order chi connectivity index (χ0) is 12.0. The molecule has 1 saturated carbocycles. The fourth-order valence-corrected chi connectivity index (χ4v) is 3.15. The Morgan fingerprint density at radius 2 is 2.06 bits per heavy atom. The summed E-state index contributed by atoms with van der Waals surface area (Å²) in [5.41, 5.74) is 0.380. The molecule has 0 saturated heterocycles. The third-order valence-electron chi connectivity index (χ3n) is 3.49. The average Bonchev–Trinajstić information content (AvgIpc) is 2.67. The van der Waals surface area contributed by atoms with Gasteiger partial charge >= 0.3 is 0 Å². The molecule has 0 heterocycles. The second-order valence-electron chi connectivity index (χ2n) is 5.17. The molecule has 1 atom stereocenters. The first kappa shape index (κ1) is 14.3. The van der Waals surface area contributed by atoms with Gasteiger partial charge in [0, 0.05) is 20.2 Å². The van der Waals surface area contributed by atoms with Crippen LogP contribution in [0.2, 0.25) is 0 Å². The highest BCUT2D eigenvalue weighted by Crippen LogP contribution is 2.39. The van der Waals surface area contributed by atoms with E-state index in [1.807, 2.05) is 0 Å². The Morgan fingerprint density at radius 3 is 2.56 bits per heavy atom. The molecule has 0 aromatic carbocycles. The summed E-state index contributed by atoms with van der Waals surface area (Å²) in [7, 11) is 3.69. The Hall–Kier alpha value is 0.230. The molecule has 0 radical (unpaired) electrons. The van der Waals surface area contributed by atoms with E-state index in [1.54, 1.807) is 7.11 Å². The van der Waals surface area contributed by atoms with Crippen molar-refractivity contribution >= 4 is 12.6 Å². The molecule has 16 heavy (non-hydrogen) atoms. The number of methoxy groups -OCH3 is 1. The first-order valence-corrected chi connectivity index (χ1v) is 6.71. The van der Waals surface area contributed by atoms with Crippen LogP contribution in [0.15, 0.2) is 0 Å². The van der Waals surface area contributed by atoms with Crippen molar-refractivity contribution in [1.82, 2.24) is 4.90 Å². The van der Waals surface area contributed by atoms with Gasteiger partial charge in [0.15, 0.2) is 0 Å². The van der Waals surface area contributed by atoms with Gasteiger partial charge in [-0.25, -0.2) is 0 Å². The molecule has 0 bridgehead atoms. The van der Waals surface area contributed by atoms with Crippen molar-refractivity contribution in [3.05, 3.63) is 0 Å². The van der Waals surface area contributed by atoms with E-state index in [0.717, 1.165) is 12.3 Å². The predicted octanol–water partition coefficient (Wildman–Crippen LogP) is 1.42. The van der Waals surface area contributed by atoms with Crippen LogP contribution in [0, 0.1) is 5.41 Å². The van der Waals surface area contributed by atoms with Gasteiger partial charge in [0.25, 0.3) is 0 Å². The van der Waals surface area contributed by atoms with E-state index >= 15 is 0 Å². The highest BCUT2D eigenvalue weighted by atomic mass is 32.1. The maximum atomic E-state index is 9.66. The molecule has 0 aliphatic heterocycles. The molecule has 1 aliphatic rings. The largest absolute Gasteiger partial charge is 0.389 e. The number of rotatable bonds is 7. The molecule has 0 spiro atoms. The number of nitrogens with zero attached hydrogens (tertiary/aromatic N) is 1. The minimum Gasteiger partial charge on any atom is -0.389 e. The van der Waals surface area contributed by atoms with E-state index < -0.39 is 0 Å². The van der Waals surface area contributed by atoms with Gasteiger partial charge in [-0.05, 0) is 31.1 Å². The first-order valence-electron chi connectivity index (χ1n) is 6.08. The number of ether oxygens (including phenoxy) is 1. The minimum absolute atomic E-state index is 0.380. The third-order valence-corrected chi connectivity index (χ3v) is 4.16. The van der Waals surface area contributed by atoms with Crippen molar-refractivity contribution in [1.29, 1.82) is 0 Å². The summed E-state index contributed by atoms with van der Waals surface area (Å²) in [4.78, 5) is 2.21. The van der Waals surface area contributed by atoms with E-state index in [0.29, 0.717) is 18.6 Å². The third kappa shape index (κ3) is 4.24. The Bertz CT molecular complexity index is 195. The summed E-state index contributed by atoms with van der Waals surface area (Å²) in [6.07, 6.45) is 4.83. The number of aliphatic hydroxyl groups excluding tert-OH is 1. The number of thiol groups is 1. The van der Waals surface area contributed by atoms with Crippen LogP contribution in [0.5, 0.6) is 0 Å². The summed E-state index contributed by atoms with van der Waals surface area (Å²) in [5.74, 6) is 0.956. The SMILES string of the molecule is COCC(O)CN(C)CC1(CS)CCCC1. The molecule has 0 aromatic heterocycles. The summed E-state index contributed by atoms with van der Waals surface area (Å²) in [5, 5.41) is 9.66. The van der Waals surface area contributed by atoms with Crippen molar-refractivity contribution in [2.75, 3.05) is 39.6 Å². The molecular weight excluding hydrogens is 222 g/mol. The van der Waals surface area contributed by atoms with Crippen LogP contribution in [0.1, 0.15) is 25.7 Å². The Kier molecular flexibility index (Phi) is 6.11. The molecule has 4 heteroatoms. The lowest BCUT2D eigenvalue weighted by molar-refractivity contribution is 0.0356. The average molecular weight is 247 g/mol. The van der Waals surface area contributed by atoms with Gasteiger partial charge in [-0.15, -0.1) is 0 Å². The molecule has 3 nitrogen and oxygen atoms in total. The van der Waals surface area contributed by atoms with Crippen LogP contribution in [0.3, 0.4) is 0 Å². The van der Waals surface area contributed by atoms with Gasteiger partial charge in [-0.2, -0.15) is 12.6 Å². The summed E-state index contributed by atoms with van der Waals surface area (Å²) in [6.45, 7) is 2.14. The van der Waals surface area contributed by atoms with Gasteiger partial charge in [0.05, 0.1) is 12.7 Å². The Morgan fingerprint density at radius 1 is 1.44 bits per heavy atom. The van der Waals surface area contributed by atoms with Crippen LogP contribution in [-0.2, 0) is 4.74 Å². The van der Waals surface area contributed by atoms with Crippen LogP contribution >= 0.6 is 12.6 Å². The van der Waals surface area contributed by atoms with Gasteiger partial charge in [-0.3, -0.25) is 0 Å². The zero-order valence-electron chi connectivity index (χ0n) is 10.5. The molecule has 96 valence electrons. The molecule has 1 rings (SSSR count). The number of likely N-dealkylation sites (N-methyl/N-ethyl adjacent to an activating group) is 1. The van der Waals surface area contributed by atoms with E-state index in [4.69, 9.17) is 4.74 Å². The van der Waals surface area contributed by atoms with E-state index in [2.05, 4.69) is 24.6 Å². The molecule has 1 aliphatic carbocycles. The van der Waals surface area contributed by atoms with Gasteiger partial charge < -0.3 is 14.7 Å². The smallest absolute Gasteiger partial charge is 0.0899 e. The zero-order valence-corrected chi connectivity index (χ0v) is 11.4. The second-order valence-corrected chi connectivity index (χ2v) is 5.49. The number of aliphatic hydroxyl groups is 1. The maximum Gasteiger partial charge on any atom is 0.0899 e. The highest BCUT2D eigenvalue weighted by Gasteiger charge is 2.33. The van der Waals surface area contributed by atoms with E-state index in [9.17, 15) is 5.11 Å². The van der Waals surface area contributed by atoms with Crippen molar-refractivity contribution < 1.29 is 9.84 Å². The predicted molar refractivity (Wildman–Crippen MR) is 70.1 cm³/mol. The van der Waals surface area contributed by atoms with Crippen molar-refractivity contribution in [3.63, 3.8) is 0 Å². The standard InChI is InChI=1S/C12H25NO2S/c1-13(7-11(14)8-15-2)9-12(10-16)5-3-4-6-12/h11,14,16H,3-10H2,1-2H3. The summed E-state index contributed by atoms with van der Waals surface area (Å²) >= 11 is 4.49. The van der Waals surface area contributed by atoms with Gasteiger partial charge in [0.2, 0.25) is 0 Å². The van der Waals surface area contributed by atoms with Crippen LogP contribution in [0.4, 0.5) is 0 Å². The van der Waals surface area contributed by atoms with Crippen LogP contribution in [0.25, 0.3) is 0 Å². The minimum atomic E-state index is -0.381. The Balaban J connectivity index is 2.34. The van der Waals surface area contributed by atoms with Gasteiger partial charge in [-0.1, -0.05) is 12.8 Å².